The van der Waals surface area contributed by atoms with Gasteiger partial charge in [0.2, 0.25) is 5.91 Å². The van der Waals surface area contributed by atoms with Gasteiger partial charge in [-0.2, -0.15) is 0 Å². The van der Waals surface area contributed by atoms with Crippen molar-refractivity contribution in [3.63, 3.8) is 0 Å². The number of hydrogen-bond acceptors (Lipinski definition) is 3. The molecule has 0 heterocycles. The molecule has 2 amide bonds. The molecule has 0 aliphatic heterocycles. The number of ether oxygens (including phenoxy) is 1. The highest BCUT2D eigenvalue weighted by Gasteiger charge is 2.21. The average molecular weight is 340 g/mol. The summed E-state index contributed by atoms with van der Waals surface area (Å²) in [5.41, 5.74) is 1.41. The molecule has 132 valence electrons. The number of nitrogens with one attached hydrogen (secondary N) is 2. The molecule has 0 aromatic heterocycles. The van der Waals surface area contributed by atoms with E-state index in [9.17, 15) is 9.59 Å². The van der Waals surface area contributed by atoms with Crippen molar-refractivity contribution < 1.29 is 14.3 Å². The Morgan fingerprint density at radius 2 is 1.40 bits per heavy atom. The van der Waals surface area contributed by atoms with Crippen LogP contribution in [0.1, 0.15) is 38.1 Å². The van der Waals surface area contributed by atoms with Gasteiger partial charge in [-0.25, -0.2) is 0 Å². The lowest BCUT2D eigenvalue weighted by molar-refractivity contribution is -0.123. The molecule has 0 aliphatic carbocycles. The SMILES string of the molecule is CCOc1ccc(NC(=O)c2ccc(NC(=O)C(C)(C)C)cc2)cc1. The highest BCUT2D eigenvalue weighted by molar-refractivity contribution is 6.04. The molecule has 2 rings (SSSR count). The van der Waals surface area contributed by atoms with Gasteiger partial charge >= 0.3 is 0 Å². The smallest absolute Gasteiger partial charge is 0.255 e. The summed E-state index contributed by atoms with van der Waals surface area (Å²) in [6, 6.07) is 14.0. The predicted molar refractivity (Wildman–Crippen MR) is 100 cm³/mol. The fraction of sp³-hybridized carbons (Fsp3) is 0.300. The van der Waals surface area contributed by atoms with Crippen LogP contribution in [0, 0.1) is 5.41 Å². The van der Waals surface area contributed by atoms with Crippen LogP contribution in [0.5, 0.6) is 5.75 Å². The van der Waals surface area contributed by atoms with Crippen molar-refractivity contribution in [3.05, 3.63) is 54.1 Å². The van der Waals surface area contributed by atoms with Gasteiger partial charge in [-0.1, -0.05) is 20.8 Å². The Hall–Kier alpha value is -2.82. The van der Waals surface area contributed by atoms with Gasteiger partial charge in [0.05, 0.1) is 6.61 Å². The Kier molecular flexibility index (Phi) is 5.80. The standard InChI is InChI=1S/C20H24N2O3/c1-5-25-17-12-10-15(11-13-17)21-18(23)14-6-8-16(9-7-14)22-19(24)20(2,3)4/h6-13H,5H2,1-4H3,(H,21,23)(H,22,24). The molecule has 0 fully saturated rings. The maximum absolute atomic E-state index is 12.3. The normalized spacial score (nSPS) is 10.9. The zero-order chi connectivity index (χ0) is 18.4. The van der Waals surface area contributed by atoms with Gasteiger partial charge in [-0.05, 0) is 55.5 Å². The molecule has 2 aromatic rings. The van der Waals surface area contributed by atoms with Crippen molar-refractivity contribution >= 4 is 23.2 Å². The second-order valence-electron chi connectivity index (χ2n) is 6.69. The summed E-state index contributed by atoms with van der Waals surface area (Å²) >= 11 is 0. The van der Waals surface area contributed by atoms with Crippen LogP contribution in [0.2, 0.25) is 0 Å². The van der Waals surface area contributed by atoms with Crippen LogP contribution < -0.4 is 15.4 Å². The molecule has 0 saturated heterocycles. The molecule has 25 heavy (non-hydrogen) atoms. The van der Waals surface area contributed by atoms with E-state index in [2.05, 4.69) is 10.6 Å². The lowest BCUT2D eigenvalue weighted by Crippen LogP contribution is -2.27. The van der Waals surface area contributed by atoms with E-state index in [1.807, 2.05) is 39.8 Å². The van der Waals surface area contributed by atoms with Crippen LogP contribution in [0.15, 0.2) is 48.5 Å². The second-order valence-corrected chi connectivity index (χ2v) is 6.69. The third kappa shape index (κ3) is 5.35. The van der Waals surface area contributed by atoms with Crippen LogP contribution in [-0.4, -0.2) is 18.4 Å². The molecule has 0 atom stereocenters. The Morgan fingerprint density at radius 1 is 0.880 bits per heavy atom. The number of benzene rings is 2. The van der Waals surface area contributed by atoms with Gasteiger partial charge in [0, 0.05) is 22.4 Å². The zero-order valence-electron chi connectivity index (χ0n) is 15.1. The summed E-state index contributed by atoms with van der Waals surface area (Å²) in [6.07, 6.45) is 0. The van der Waals surface area contributed by atoms with Crippen molar-refractivity contribution in [1.82, 2.24) is 0 Å². The monoisotopic (exact) mass is 340 g/mol. The van der Waals surface area contributed by atoms with E-state index in [4.69, 9.17) is 4.74 Å². The summed E-state index contributed by atoms with van der Waals surface area (Å²) in [5.74, 6) is 0.483. The minimum atomic E-state index is -0.469. The van der Waals surface area contributed by atoms with Crippen LogP contribution >= 0.6 is 0 Å². The average Bonchev–Trinajstić information content (AvgIpc) is 2.56. The molecule has 0 radical (unpaired) electrons. The first-order valence-electron chi connectivity index (χ1n) is 8.25. The lowest BCUT2D eigenvalue weighted by atomic mass is 9.95. The molecule has 0 spiro atoms. The summed E-state index contributed by atoms with van der Waals surface area (Å²) in [4.78, 5) is 24.3. The van der Waals surface area contributed by atoms with E-state index >= 15 is 0 Å². The number of carbonyl (C=O) groups is 2. The molecule has 2 aromatic carbocycles. The Morgan fingerprint density at radius 3 is 1.92 bits per heavy atom. The van der Waals surface area contributed by atoms with Gasteiger partial charge in [-0.3, -0.25) is 9.59 Å². The van der Waals surface area contributed by atoms with E-state index in [1.54, 1.807) is 36.4 Å². The van der Waals surface area contributed by atoms with Crippen molar-refractivity contribution in [2.45, 2.75) is 27.7 Å². The molecule has 5 nitrogen and oxygen atoms in total. The van der Waals surface area contributed by atoms with Gasteiger partial charge in [0.15, 0.2) is 0 Å². The van der Waals surface area contributed by atoms with E-state index in [0.29, 0.717) is 23.5 Å². The van der Waals surface area contributed by atoms with E-state index in [1.165, 1.54) is 0 Å². The van der Waals surface area contributed by atoms with Crippen LogP contribution in [0.3, 0.4) is 0 Å². The van der Waals surface area contributed by atoms with Crippen LogP contribution in [0.25, 0.3) is 0 Å². The Bertz CT molecular complexity index is 729. The van der Waals surface area contributed by atoms with Crippen LogP contribution in [0.4, 0.5) is 11.4 Å². The zero-order valence-corrected chi connectivity index (χ0v) is 15.1. The van der Waals surface area contributed by atoms with Crippen molar-refractivity contribution in [2.24, 2.45) is 5.41 Å². The maximum Gasteiger partial charge on any atom is 0.255 e. The van der Waals surface area contributed by atoms with Gasteiger partial charge in [-0.15, -0.1) is 0 Å². The fourth-order valence-corrected chi connectivity index (χ4v) is 2.03. The number of anilines is 2. The molecule has 5 heteroatoms. The molecule has 0 saturated carbocycles. The summed E-state index contributed by atoms with van der Waals surface area (Å²) in [6.45, 7) is 8.07. The van der Waals surface area contributed by atoms with Crippen molar-refractivity contribution in [1.29, 1.82) is 0 Å². The molecule has 2 N–H and O–H groups in total. The first-order chi connectivity index (χ1) is 11.8. The topological polar surface area (TPSA) is 67.4 Å². The third-order valence-electron chi connectivity index (χ3n) is 3.51. The molecule has 0 aliphatic rings. The number of rotatable bonds is 5. The first kappa shape index (κ1) is 18.5. The Labute approximate surface area is 148 Å². The molecule has 0 bridgehead atoms. The van der Waals surface area contributed by atoms with Gasteiger partial charge in [0.25, 0.3) is 5.91 Å². The van der Waals surface area contributed by atoms with E-state index in [0.717, 1.165) is 5.75 Å². The van der Waals surface area contributed by atoms with Gasteiger partial charge < -0.3 is 15.4 Å². The largest absolute Gasteiger partial charge is 0.494 e. The summed E-state index contributed by atoms with van der Waals surface area (Å²) in [5, 5.41) is 5.66. The van der Waals surface area contributed by atoms with Crippen molar-refractivity contribution in [3.8, 4) is 5.75 Å². The number of amides is 2. The molecular formula is C20H24N2O3. The highest BCUT2D eigenvalue weighted by Crippen LogP contribution is 2.19. The summed E-state index contributed by atoms with van der Waals surface area (Å²) in [7, 11) is 0. The quantitative estimate of drug-likeness (QED) is 0.851. The second kappa shape index (κ2) is 7.83. The third-order valence-corrected chi connectivity index (χ3v) is 3.51. The molecule has 0 unspecified atom stereocenters. The minimum Gasteiger partial charge on any atom is -0.494 e. The summed E-state index contributed by atoms with van der Waals surface area (Å²) < 4.78 is 5.37. The minimum absolute atomic E-state index is 0.0703. The fourth-order valence-electron chi connectivity index (χ4n) is 2.03. The van der Waals surface area contributed by atoms with E-state index in [-0.39, 0.29) is 11.8 Å². The van der Waals surface area contributed by atoms with Gasteiger partial charge in [0.1, 0.15) is 5.75 Å². The number of hydrogen-bond donors (Lipinski definition) is 2. The first-order valence-corrected chi connectivity index (χ1v) is 8.25. The molecular weight excluding hydrogens is 316 g/mol. The lowest BCUT2D eigenvalue weighted by Gasteiger charge is -2.17. The Balaban J connectivity index is 1.99. The van der Waals surface area contributed by atoms with Crippen LogP contribution in [-0.2, 0) is 4.79 Å². The predicted octanol–water partition coefficient (Wildman–Crippen LogP) is 4.32. The highest BCUT2D eigenvalue weighted by atomic mass is 16.5. The van der Waals surface area contributed by atoms with Crippen molar-refractivity contribution in [2.75, 3.05) is 17.2 Å². The number of carbonyl (C=O) groups excluding carboxylic acids is 2. The van der Waals surface area contributed by atoms with E-state index < -0.39 is 5.41 Å². The maximum atomic E-state index is 12.3.